The van der Waals surface area contributed by atoms with Crippen LogP contribution in [0.15, 0.2) is 45.9 Å². The predicted molar refractivity (Wildman–Crippen MR) is 92.4 cm³/mol. The van der Waals surface area contributed by atoms with Crippen molar-refractivity contribution in [2.45, 2.75) is 6.92 Å². The molecule has 9 nitrogen and oxygen atoms in total. The van der Waals surface area contributed by atoms with E-state index >= 15 is 0 Å². The normalized spacial score (nSPS) is 11.1. The fourth-order valence-corrected chi connectivity index (χ4v) is 2.47. The van der Waals surface area contributed by atoms with Crippen molar-refractivity contribution in [1.82, 2.24) is 5.43 Å². The Morgan fingerprint density at radius 3 is 2.73 bits per heavy atom. The molecule has 3 rings (SSSR count). The first-order valence-electron chi connectivity index (χ1n) is 7.40. The average molecular weight is 355 g/mol. The molecular formula is C17H13N3O6. The van der Waals surface area contributed by atoms with Gasteiger partial charge in [0, 0.05) is 23.3 Å². The second-order valence-corrected chi connectivity index (χ2v) is 5.41. The number of hydrogen-bond donors (Lipinski definition) is 3. The lowest BCUT2D eigenvalue weighted by molar-refractivity contribution is -0.384. The summed E-state index contributed by atoms with van der Waals surface area (Å²) in [5.74, 6) is -0.924. The minimum absolute atomic E-state index is 0.00665. The van der Waals surface area contributed by atoms with E-state index in [2.05, 4.69) is 10.5 Å². The van der Waals surface area contributed by atoms with Crippen molar-refractivity contribution in [3.63, 3.8) is 0 Å². The minimum Gasteiger partial charge on any atom is -0.507 e. The van der Waals surface area contributed by atoms with Crippen LogP contribution in [-0.2, 0) is 0 Å². The number of nitro groups is 1. The fourth-order valence-electron chi connectivity index (χ4n) is 2.47. The number of hydrazone groups is 1. The van der Waals surface area contributed by atoms with Gasteiger partial charge < -0.3 is 14.6 Å². The van der Waals surface area contributed by atoms with Crippen LogP contribution in [0.25, 0.3) is 11.0 Å². The third-order valence-corrected chi connectivity index (χ3v) is 3.73. The molecule has 26 heavy (non-hydrogen) atoms. The van der Waals surface area contributed by atoms with Crippen molar-refractivity contribution < 1.29 is 24.3 Å². The number of aromatic hydroxyl groups is 2. The summed E-state index contributed by atoms with van der Waals surface area (Å²) in [7, 11) is 0. The topological polar surface area (TPSA) is 138 Å². The number of phenolic OH excluding ortho intramolecular Hbond substituents is 2. The van der Waals surface area contributed by atoms with Crippen LogP contribution < -0.4 is 5.43 Å². The molecular weight excluding hydrogens is 342 g/mol. The Kier molecular flexibility index (Phi) is 4.27. The monoisotopic (exact) mass is 355 g/mol. The van der Waals surface area contributed by atoms with Crippen LogP contribution in [0.2, 0.25) is 0 Å². The van der Waals surface area contributed by atoms with Gasteiger partial charge in [-0.05, 0) is 25.1 Å². The van der Waals surface area contributed by atoms with Crippen LogP contribution in [0.1, 0.15) is 21.7 Å². The summed E-state index contributed by atoms with van der Waals surface area (Å²) >= 11 is 0. The fraction of sp³-hybridized carbons (Fsp3) is 0.0588. The molecule has 132 valence electrons. The molecule has 0 bridgehead atoms. The summed E-state index contributed by atoms with van der Waals surface area (Å²) in [6, 6.07) is 8.11. The molecule has 0 aliphatic heterocycles. The van der Waals surface area contributed by atoms with E-state index in [4.69, 9.17) is 4.42 Å². The van der Waals surface area contributed by atoms with Crippen LogP contribution in [-0.4, -0.2) is 27.3 Å². The van der Waals surface area contributed by atoms with Gasteiger partial charge in [-0.2, -0.15) is 5.10 Å². The number of carbonyl (C=O) groups excluding carboxylic acids is 1. The molecule has 0 saturated carbocycles. The van der Waals surface area contributed by atoms with E-state index in [9.17, 15) is 25.1 Å². The molecule has 0 atom stereocenters. The highest BCUT2D eigenvalue weighted by molar-refractivity contribution is 6.01. The van der Waals surface area contributed by atoms with Gasteiger partial charge in [-0.25, -0.2) is 5.43 Å². The van der Waals surface area contributed by atoms with E-state index in [-0.39, 0.29) is 28.5 Å². The zero-order valence-electron chi connectivity index (χ0n) is 13.5. The molecule has 0 radical (unpaired) electrons. The lowest BCUT2D eigenvalue weighted by atomic mass is 10.1. The molecule has 0 unspecified atom stereocenters. The Bertz CT molecular complexity index is 1050. The Balaban J connectivity index is 1.82. The number of furan rings is 1. The van der Waals surface area contributed by atoms with Gasteiger partial charge in [0.15, 0.2) is 5.76 Å². The second kappa shape index (κ2) is 6.55. The van der Waals surface area contributed by atoms with E-state index in [0.29, 0.717) is 16.5 Å². The molecule has 1 aromatic heterocycles. The molecule has 0 spiro atoms. The van der Waals surface area contributed by atoms with E-state index in [0.717, 1.165) is 24.4 Å². The molecule has 9 heteroatoms. The lowest BCUT2D eigenvalue weighted by Gasteiger charge is -2.00. The van der Waals surface area contributed by atoms with Crippen molar-refractivity contribution in [2.75, 3.05) is 0 Å². The lowest BCUT2D eigenvalue weighted by Crippen LogP contribution is -2.17. The number of fused-ring (bicyclic) bond motifs is 1. The van der Waals surface area contributed by atoms with Gasteiger partial charge in [0.25, 0.3) is 5.69 Å². The molecule has 1 amide bonds. The number of nitrogens with one attached hydrogen (secondary N) is 1. The Morgan fingerprint density at radius 1 is 1.27 bits per heavy atom. The van der Waals surface area contributed by atoms with Crippen LogP contribution >= 0.6 is 0 Å². The van der Waals surface area contributed by atoms with Gasteiger partial charge in [0.05, 0.1) is 16.5 Å². The summed E-state index contributed by atoms with van der Waals surface area (Å²) in [6.45, 7) is 1.62. The quantitative estimate of drug-likeness (QED) is 0.374. The summed E-state index contributed by atoms with van der Waals surface area (Å²) in [5, 5.41) is 34.4. The minimum atomic E-state index is -0.667. The van der Waals surface area contributed by atoms with E-state index in [1.807, 2.05) is 0 Å². The summed E-state index contributed by atoms with van der Waals surface area (Å²) in [6.07, 6.45) is 1.08. The van der Waals surface area contributed by atoms with Gasteiger partial charge in [-0.3, -0.25) is 14.9 Å². The molecule has 0 fully saturated rings. The molecule has 0 aliphatic rings. The van der Waals surface area contributed by atoms with Crippen LogP contribution in [0, 0.1) is 17.0 Å². The third-order valence-electron chi connectivity index (χ3n) is 3.73. The zero-order valence-corrected chi connectivity index (χ0v) is 13.5. The number of phenols is 2. The van der Waals surface area contributed by atoms with Gasteiger partial charge in [-0.15, -0.1) is 0 Å². The number of amides is 1. The van der Waals surface area contributed by atoms with Gasteiger partial charge in [-0.1, -0.05) is 6.07 Å². The van der Waals surface area contributed by atoms with E-state index < -0.39 is 10.8 Å². The molecule has 2 aromatic carbocycles. The average Bonchev–Trinajstić information content (AvgIpc) is 2.94. The highest BCUT2D eigenvalue weighted by Crippen LogP contribution is 2.32. The Labute approximate surface area is 146 Å². The van der Waals surface area contributed by atoms with Gasteiger partial charge >= 0.3 is 5.91 Å². The number of aryl methyl sites for hydroxylation is 1. The number of benzene rings is 2. The maximum absolute atomic E-state index is 12.2. The molecule has 0 aliphatic carbocycles. The predicted octanol–water partition coefficient (Wildman–Crippen LogP) is 2.82. The highest BCUT2D eigenvalue weighted by Gasteiger charge is 2.19. The summed E-state index contributed by atoms with van der Waals surface area (Å²) in [4.78, 5) is 22.4. The van der Waals surface area contributed by atoms with E-state index in [1.54, 1.807) is 19.1 Å². The third kappa shape index (κ3) is 3.05. The maximum atomic E-state index is 12.2. The summed E-state index contributed by atoms with van der Waals surface area (Å²) in [5.41, 5.74) is 2.87. The van der Waals surface area contributed by atoms with Crippen LogP contribution in [0.4, 0.5) is 5.69 Å². The SMILES string of the molecule is Cc1c(C(=O)N/N=C/c2cc([N+](=O)[O-])ccc2O)oc2cccc(O)c12. The van der Waals surface area contributed by atoms with Crippen molar-refractivity contribution in [3.05, 3.63) is 63.4 Å². The number of nitrogens with zero attached hydrogens (tertiary/aromatic N) is 2. The zero-order chi connectivity index (χ0) is 18.8. The van der Waals surface area contributed by atoms with Crippen molar-refractivity contribution in [3.8, 4) is 11.5 Å². The first-order chi connectivity index (χ1) is 12.4. The van der Waals surface area contributed by atoms with E-state index in [1.165, 1.54) is 6.07 Å². The Morgan fingerprint density at radius 2 is 2.04 bits per heavy atom. The number of hydrogen-bond acceptors (Lipinski definition) is 7. The molecule has 1 heterocycles. The van der Waals surface area contributed by atoms with Gasteiger partial charge in [0.1, 0.15) is 17.1 Å². The highest BCUT2D eigenvalue weighted by atomic mass is 16.6. The first-order valence-corrected chi connectivity index (χ1v) is 7.40. The van der Waals surface area contributed by atoms with Crippen LogP contribution in [0.3, 0.4) is 0 Å². The largest absolute Gasteiger partial charge is 0.507 e. The standard InChI is InChI=1S/C17H13N3O6/c1-9-15-13(22)3-2-4-14(15)26-16(9)17(23)19-18-8-10-7-11(20(24)25)5-6-12(10)21/h2-8,21-22H,1H3,(H,19,23)/b18-8+. The van der Waals surface area contributed by atoms with Crippen molar-refractivity contribution >= 4 is 28.8 Å². The Hall–Kier alpha value is -3.88. The second-order valence-electron chi connectivity index (χ2n) is 5.41. The smallest absolute Gasteiger partial charge is 0.307 e. The molecule has 3 aromatic rings. The maximum Gasteiger partial charge on any atom is 0.307 e. The van der Waals surface area contributed by atoms with Crippen molar-refractivity contribution in [1.29, 1.82) is 0 Å². The number of carbonyl (C=O) groups is 1. The first kappa shape index (κ1) is 17.0. The number of non-ortho nitro benzene ring substituents is 1. The van der Waals surface area contributed by atoms with Gasteiger partial charge in [0.2, 0.25) is 0 Å². The van der Waals surface area contributed by atoms with Crippen LogP contribution in [0.5, 0.6) is 11.5 Å². The molecule has 3 N–H and O–H groups in total. The molecule has 0 saturated heterocycles. The number of nitro benzene ring substituents is 1. The van der Waals surface area contributed by atoms with Crippen molar-refractivity contribution in [2.24, 2.45) is 5.10 Å². The summed E-state index contributed by atoms with van der Waals surface area (Å²) < 4.78 is 5.43. The number of rotatable bonds is 4.